The molecule has 1 aliphatic rings. The lowest BCUT2D eigenvalue weighted by molar-refractivity contribution is 0.461. The maximum Gasteiger partial charge on any atom is 0.0625 e. The Kier molecular flexibility index (Phi) is 3.96. The van der Waals surface area contributed by atoms with Crippen molar-refractivity contribution in [3.63, 3.8) is 0 Å². The number of aryl methyl sites for hydroxylation is 1. The SMILES string of the molecule is N#CCCc1ccc(C2CCCNC2)cc1. The van der Waals surface area contributed by atoms with E-state index in [1.54, 1.807) is 0 Å². The van der Waals surface area contributed by atoms with Crippen molar-refractivity contribution in [2.75, 3.05) is 13.1 Å². The summed E-state index contributed by atoms with van der Waals surface area (Å²) in [5, 5.41) is 12.0. The van der Waals surface area contributed by atoms with Crippen LogP contribution in [0.3, 0.4) is 0 Å². The van der Waals surface area contributed by atoms with Crippen molar-refractivity contribution in [1.29, 1.82) is 5.26 Å². The van der Waals surface area contributed by atoms with E-state index in [1.807, 2.05) is 0 Å². The molecule has 1 aromatic carbocycles. The quantitative estimate of drug-likeness (QED) is 0.839. The van der Waals surface area contributed by atoms with Gasteiger partial charge in [0.2, 0.25) is 0 Å². The Morgan fingerprint density at radius 3 is 2.75 bits per heavy atom. The number of hydrogen-bond donors (Lipinski definition) is 1. The van der Waals surface area contributed by atoms with Crippen molar-refractivity contribution in [3.05, 3.63) is 35.4 Å². The van der Waals surface area contributed by atoms with Crippen LogP contribution in [-0.2, 0) is 6.42 Å². The van der Waals surface area contributed by atoms with E-state index in [1.165, 1.54) is 24.0 Å². The predicted octanol–water partition coefficient (Wildman–Crippen LogP) is 2.61. The Morgan fingerprint density at radius 1 is 1.31 bits per heavy atom. The van der Waals surface area contributed by atoms with Crippen LogP contribution in [0.2, 0.25) is 0 Å². The van der Waals surface area contributed by atoms with E-state index in [0.717, 1.165) is 19.5 Å². The van der Waals surface area contributed by atoms with Gasteiger partial charge in [0.15, 0.2) is 0 Å². The summed E-state index contributed by atoms with van der Waals surface area (Å²) in [6, 6.07) is 11.0. The van der Waals surface area contributed by atoms with Crippen LogP contribution >= 0.6 is 0 Å². The van der Waals surface area contributed by atoms with E-state index >= 15 is 0 Å². The van der Waals surface area contributed by atoms with E-state index in [-0.39, 0.29) is 0 Å². The maximum atomic E-state index is 8.53. The zero-order valence-electron chi connectivity index (χ0n) is 9.58. The Labute approximate surface area is 97.3 Å². The zero-order valence-corrected chi connectivity index (χ0v) is 9.58. The number of nitrogens with one attached hydrogen (secondary N) is 1. The summed E-state index contributed by atoms with van der Waals surface area (Å²) in [7, 11) is 0. The molecule has 1 saturated heterocycles. The molecule has 84 valence electrons. The normalized spacial score (nSPS) is 20.3. The van der Waals surface area contributed by atoms with Gasteiger partial charge in [-0.1, -0.05) is 24.3 Å². The molecule has 0 amide bonds. The van der Waals surface area contributed by atoms with E-state index in [2.05, 4.69) is 35.7 Å². The fourth-order valence-corrected chi connectivity index (χ4v) is 2.29. The van der Waals surface area contributed by atoms with Gasteiger partial charge in [0.1, 0.15) is 0 Å². The predicted molar refractivity (Wildman–Crippen MR) is 65.2 cm³/mol. The molecule has 0 radical (unpaired) electrons. The molecule has 1 fully saturated rings. The highest BCUT2D eigenvalue weighted by Gasteiger charge is 2.14. The lowest BCUT2D eigenvalue weighted by Gasteiger charge is -2.23. The highest BCUT2D eigenvalue weighted by molar-refractivity contribution is 5.26. The second kappa shape index (κ2) is 5.67. The molecule has 1 N–H and O–H groups in total. The molecule has 1 heterocycles. The van der Waals surface area contributed by atoms with Gasteiger partial charge in [-0.15, -0.1) is 0 Å². The van der Waals surface area contributed by atoms with Gasteiger partial charge in [-0.25, -0.2) is 0 Å². The number of nitrogens with zero attached hydrogens (tertiary/aromatic N) is 1. The minimum atomic E-state index is 0.615. The smallest absolute Gasteiger partial charge is 0.0625 e. The highest BCUT2D eigenvalue weighted by atomic mass is 14.9. The molecule has 2 heteroatoms. The van der Waals surface area contributed by atoms with Crippen molar-refractivity contribution in [2.45, 2.75) is 31.6 Å². The van der Waals surface area contributed by atoms with Gasteiger partial charge in [0.05, 0.1) is 6.07 Å². The third-order valence-corrected chi connectivity index (χ3v) is 3.27. The van der Waals surface area contributed by atoms with Gasteiger partial charge in [0.25, 0.3) is 0 Å². The molecular weight excluding hydrogens is 196 g/mol. The molecule has 16 heavy (non-hydrogen) atoms. The van der Waals surface area contributed by atoms with Crippen LogP contribution < -0.4 is 5.32 Å². The molecule has 0 saturated carbocycles. The summed E-state index contributed by atoms with van der Waals surface area (Å²) < 4.78 is 0. The highest BCUT2D eigenvalue weighted by Crippen LogP contribution is 2.23. The van der Waals surface area contributed by atoms with Crippen molar-refractivity contribution < 1.29 is 0 Å². The van der Waals surface area contributed by atoms with Gasteiger partial charge in [-0.05, 0) is 42.9 Å². The maximum absolute atomic E-state index is 8.53. The first-order valence-corrected chi connectivity index (χ1v) is 6.06. The van der Waals surface area contributed by atoms with Gasteiger partial charge in [-0.3, -0.25) is 0 Å². The molecule has 2 nitrogen and oxygen atoms in total. The zero-order chi connectivity index (χ0) is 11.2. The number of hydrogen-bond acceptors (Lipinski definition) is 2. The Morgan fingerprint density at radius 2 is 2.12 bits per heavy atom. The molecule has 1 unspecified atom stereocenters. The molecule has 1 aliphatic heterocycles. The van der Waals surface area contributed by atoms with E-state index in [9.17, 15) is 0 Å². The van der Waals surface area contributed by atoms with Crippen LogP contribution in [0.15, 0.2) is 24.3 Å². The third kappa shape index (κ3) is 2.84. The summed E-state index contributed by atoms with van der Waals surface area (Å²) >= 11 is 0. The average molecular weight is 214 g/mol. The largest absolute Gasteiger partial charge is 0.316 e. The molecular formula is C14H18N2. The molecule has 1 atom stereocenters. The second-order valence-electron chi connectivity index (χ2n) is 4.44. The fourth-order valence-electron chi connectivity index (χ4n) is 2.29. The lowest BCUT2D eigenvalue weighted by atomic mass is 9.91. The second-order valence-corrected chi connectivity index (χ2v) is 4.44. The van der Waals surface area contributed by atoms with Crippen LogP contribution in [0, 0.1) is 11.3 Å². The van der Waals surface area contributed by atoms with Crippen molar-refractivity contribution in [1.82, 2.24) is 5.32 Å². The number of rotatable bonds is 3. The van der Waals surface area contributed by atoms with Gasteiger partial charge >= 0.3 is 0 Å². The number of piperidine rings is 1. The molecule has 0 bridgehead atoms. The molecule has 1 aromatic rings. The first-order chi connectivity index (χ1) is 7.90. The Hall–Kier alpha value is -1.33. The minimum absolute atomic E-state index is 0.615. The third-order valence-electron chi connectivity index (χ3n) is 3.27. The van der Waals surface area contributed by atoms with Crippen LogP contribution in [0.1, 0.15) is 36.3 Å². The van der Waals surface area contributed by atoms with Crippen LogP contribution in [0.5, 0.6) is 0 Å². The lowest BCUT2D eigenvalue weighted by Crippen LogP contribution is -2.28. The van der Waals surface area contributed by atoms with Crippen molar-refractivity contribution in [3.8, 4) is 6.07 Å². The van der Waals surface area contributed by atoms with Gasteiger partial charge in [-0.2, -0.15) is 5.26 Å². The fraction of sp³-hybridized carbons (Fsp3) is 0.500. The summed E-state index contributed by atoms with van der Waals surface area (Å²) in [5.74, 6) is 0.679. The average Bonchev–Trinajstić information content (AvgIpc) is 2.38. The topological polar surface area (TPSA) is 35.8 Å². The summed E-state index contributed by atoms with van der Waals surface area (Å²) in [6.45, 7) is 2.27. The molecule has 0 spiro atoms. The van der Waals surface area contributed by atoms with Gasteiger partial charge < -0.3 is 5.32 Å². The van der Waals surface area contributed by atoms with Crippen LogP contribution in [0.25, 0.3) is 0 Å². The minimum Gasteiger partial charge on any atom is -0.316 e. The van der Waals surface area contributed by atoms with Crippen LogP contribution in [0.4, 0.5) is 0 Å². The monoisotopic (exact) mass is 214 g/mol. The molecule has 0 aliphatic carbocycles. The van der Waals surface area contributed by atoms with Crippen molar-refractivity contribution >= 4 is 0 Å². The standard InChI is InChI=1S/C14H18N2/c15-9-1-3-12-5-7-13(8-6-12)14-4-2-10-16-11-14/h5-8,14,16H,1-4,10-11H2. The Balaban J connectivity index is 1.98. The summed E-state index contributed by atoms with van der Waals surface area (Å²) in [4.78, 5) is 0. The van der Waals surface area contributed by atoms with Gasteiger partial charge in [0, 0.05) is 13.0 Å². The Bertz CT molecular complexity index is 355. The van der Waals surface area contributed by atoms with E-state index in [0.29, 0.717) is 12.3 Å². The van der Waals surface area contributed by atoms with Crippen molar-refractivity contribution in [2.24, 2.45) is 0 Å². The van der Waals surface area contributed by atoms with E-state index < -0.39 is 0 Å². The summed E-state index contributed by atoms with van der Waals surface area (Å²) in [6.07, 6.45) is 4.06. The number of nitriles is 1. The summed E-state index contributed by atoms with van der Waals surface area (Å²) in [5.41, 5.74) is 2.71. The molecule has 0 aromatic heterocycles. The van der Waals surface area contributed by atoms with E-state index in [4.69, 9.17) is 5.26 Å². The molecule has 2 rings (SSSR count). The number of benzene rings is 1. The first-order valence-electron chi connectivity index (χ1n) is 6.06. The first kappa shape index (κ1) is 11.2. The van der Waals surface area contributed by atoms with Crippen LogP contribution in [-0.4, -0.2) is 13.1 Å².